The summed E-state index contributed by atoms with van der Waals surface area (Å²) in [7, 11) is 1.81. The molecule has 0 radical (unpaired) electrons. The summed E-state index contributed by atoms with van der Waals surface area (Å²) in [6.07, 6.45) is 11.8. The van der Waals surface area contributed by atoms with E-state index < -0.39 is 0 Å². The van der Waals surface area contributed by atoms with Crippen LogP contribution in [0.5, 0.6) is 0 Å². The highest BCUT2D eigenvalue weighted by atomic mass is 16.5. The molecule has 2 aliphatic rings. The van der Waals surface area contributed by atoms with Gasteiger partial charge in [0.25, 0.3) is 5.91 Å². The molecule has 3 N–H and O–H groups in total. The SMILES string of the molecule is CN(C(=O)c1cnc(-c2ccc(C(=N)N)cc2)nc1)C1CCC(C(=O)OC2CCCCC2)CC1. The molecule has 34 heavy (non-hydrogen) atoms. The summed E-state index contributed by atoms with van der Waals surface area (Å²) in [5.41, 5.74) is 7.35. The predicted octanol–water partition coefficient (Wildman–Crippen LogP) is 3.93. The second-order valence-electron chi connectivity index (χ2n) is 9.40. The number of rotatable bonds is 6. The molecule has 1 aromatic heterocycles. The third-order valence-corrected chi connectivity index (χ3v) is 7.09. The topological polar surface area (TPSA) is 122 Å². The number of nitrogens with one attached hydrogen (secondary N) is 1. The molecule has 2 saturated carbocycles. The summed E-state index contributed by atoms with van der Waals surface area (Å²) in [5.74, 6) is 0.280. The van der Waals surface area contributed by atoms with Crippen LogP contribution in [-0.4, -0.2) is 51.8 Å². The minimum Gasteiger partial charge on any atom is -0.462 e. The molecule has 8 heteroatoms. The minimum absolute atomic E-state index is 0.00611. The molecule has 0 unspecified atom stereocenters. The number of nitrogen functional groups attached to an aromatic ring is 1. The van der Waals surface area contributed by atoms with E-state index >= 15 is 0 Å². The first-order chi connectivity index (χ1) is 16.4. The van der Waals surface area contributed by atoms with E-state index in [1.165, 1.54) is 6.42 Å². The summed E-state index contributed by atoms with van der Waals surface area (Å²) >= 11 is 0. The largest absolute Gasteiger partial charge is 0.462 e. The second kappa shape index (κ2) is 10.8. The van der Waals surface area contributed by atoms with Gasteiger partial charge in [0.2, 0.25) is 0 Å². The fourth-order valence-corrected chi connectivity index (χ4v) is 4.90. The van der Waals surface area contributed by atoms with Crippen molar-refractivity contribution >= 4 is 17.7 Å². The van der Waals surface area contributed by atoms with E-state index in [-0.39, 0.29) is 35.8 Å². The summed E-state index contributed by atoms with van der Waals surface area (Å²) in [6, 6.07) is 7.18. The van der Waals surface area contributed by atoms with Crippen molar-refractivity contribution in [1.29, 1.82) is 5.41 Å². The monoisotopic (exact) mass is 463 g/mol. The predicted molar refractivity (Wildman–Crippen MR) is 129 cm³/mol. The van der Waals surface area contributed by atoms with Crippen molar-refractivity contribution in [3.8, 4) is 11.4 Å². The van der Waals surface area contributed by atoms with E-state index in [1.54, 1.807) is 41.6 Å². The Morgan fingerprint density at radius 2 is 1.56 bits per heavy atom. The summed E-state index contributed by atoms with van der Waals surface area (Å²) in [6.45, 7) is 0. The number of hydrogen-bond acceptors (Lipinski definition) is 6. The van der Waals surface area contributed by atoms with Gasteiger partial charge >= 0.3 is 5.97 Å². The van der Waals surface area contributed by atoms with Gasteiger partial charge < -0.3 is 15.4 Å². The number of amidine groups is 1. The number of nitrogens with two attached hydrogens (primary N) is 1. The Hall–Kier alpha value is -3.29. The molecule has 180 valence electrons. The molecule has 1 aromatic carbocycles. The summed E-state index contributed by atoms with van der Waals surface area (Å²) < 4.78 is 5.76. The number of hydrogen-bond donors (Lipinski definition) is 2. The van der Waals surface area contributed by atoms with Crippen LogP contribution in [0.15, 0.2) is 36.7 Å². The first-order valence-corrected chi connectivity index (χ1v) is 12.2. The number of nitrogens with zero attached hydrogens (tertiary/aromatic N) is 3. The maximum Gasteiger partial charge on any atom is 0.309 e. The quantitative estimate of drug-likeness (QED) is 0.380. The van der Waals surface area contributed by atoms with Crippen LogP contribution in [0.2, 0.25) is 0 Å². The van der Waals surface area contributed by atoms with E-state index in [1.807, 2.05) is 7.05 Å². The minimum atomic E-state index is -0.119. The van der Waals surface area contributed by atoms with Crippen molar-refractivity contribution in [3.63, 3.8) is 0 Å². The third kappa shape index (κ3) is 5.61. The van der Waals surface area contributed by atoms with Gasteiger partial charge in [0.1, 0.15) is 11.9 Å². The van der Waals surface area contributed by atoms with Gasteiger partial charge in [-0.05, 0) is 51.4 Å². The van der Waals surface area contributed by atoms with Gasteiger partial charge in [0.05, 0.1) is 11.5 Å². The molecule has 8 nitrogen and oxygen atoms in total. The fraction of sp³-hybridized carbons (Fsp3) is 0.500. The Kier molecular flexibility index (Phi) is 7.55. The molecule has 1 heterocycles. The van der Waals surface area contributed by atoms with Gasteiger partial charge in [-0.25, -0.2) is 9.97 Å². The van der Waals surface area contributed by atoms with Crippen LogP contribution in [-0.2, 0) is 9.53 Å². The summed E-state index contributed by atoms with van der Waals surface area (Å²) in [5, 5.41) is 7.48. The maximum absolute atomic E-state index is 13.0. The number of carbonyl (C=O) groups is 2. The van der Waals surface area contributed by atoms with Crippen molar-refractivity contribution in [1.82, 2.24) is 14.9 Å². The van der Waals surface area contributed by atoms with Crippen molar-refractivity contribution < 1.29 is 14.3 Å². The van der Waals surface area contributed by atoms with Crippen LogP contribution in [0.1, 0.15) is 73.7 Å². The zero-order valence-electron chi connectivity index (χ0n) is 19.7. The average Bonchev–Trinajstić information content (AvgIpc) is 2.88. The Bertz CT molecular complexity index is 1010. The van der Waals surface area contributed by atoms with Crippen LogP contribution >= 0.6 is 0 Å². The van der Waals surface area contributed by atoms with Crippen LogP contribution in [0, 0.1) is 11.3 Å². The van der Waals surface area contributed by atoms with Crippen LogP contribution in [0.3, 0.4) is 0 Å². The van der Waals surface area contributed by atoms with E-state index in [0.29, 0.717) is 17.0 Å². The number of carbonyl (C=O) groups excluding carboxylic acids is 2. The fourth-order valence-electron chi connectivity index (χ4n) is 4.90. The Morgan fingerprint density at radius 3 is 2.15 bits per heavy atom. The molecular formula is C26H33N5O3. The molecule has 0 spiro atoms. The van der Waals surface area contributed by atoms with Crippen molar-refractivity contribution in [2.75, 3.05) is 7.05 Å². The molecule has 1 amide bonds. The third-order valence-electron chi connectivity index (χ3n) is 7.09. The first-order valence-electron chi connectivity index (χ1n) is 12.2. The Balaban J connectivity index is 1.30. The maximum atomic E-state index is 13.0. The molecule has 0 bridgehead atoms. The number of ether oxygens (including phenoxy) is 1. The van der Waals surface area contributed by atoms with Crippen LogP contribution in [0.25, 0.3) is 11.4 Å². The van der Waals surface area contributed by atoms with E-state index in [0.717, 1.165) is 56.9 Å². The van der Waals surface area contributed by atoms with E-state index in [4.69, 9.17) is 15.9 Å². The molecule has 0 saturated heterocycles. The van der Waals surface area contributed by atoms with E-state index in [2.05, 4.69) is 9.97 Å². The number of aromatic nitrogens is 2. The standard InChI is InChI=1S/C26H33N5O3/c1-31(21-13-11-19(12-14-21)26(33)34-22-5-3-2-4-6-22)25(32)20-15-29-24(30-16-20)18-9-7-17(8-10-18)23(27)28/h7-10,15-16,19,21-22H,2-6,11-14H2,1H3,(H3,27,28). The molecule has 0 atom stereocenters. The lowest BCUT2D eigenvalue weighted by Gasteiger charge is -2.34. The van der Waals surface area contributed by atoms with Gasteiger partial charge in [-0.2, -0.15) is 0 Å². The lowest BCUT2D eigenvalue weighted by Crippen LogP contribution is -2.41. The lowest BCUT2D eigenvalue weighted by molar-refractivity contribution is -0.157. The van der Waals surface area contributed by atoms with Gasteiger partial charge in [-0.1, -0.05) is 30.7 Å². The molecule has 2 fully saturated rings. The molecular weight excluding hydrogens is 430 g/mol. The smallest absolute Gasteiger partial charge is 0.309 e. The highest BCUT2D eigenvalue weighted by Gasteiger charge is 2.32. The van der Waals surface area contributed by atoms with Gasteiger partial charge in [0.15, 0.2) is 5.82 Å². The highest BCUT2D eigenvalue weighted by molar-refractivity contribution is 5.95. The number of esters is 1. The zero-order chi connectivity index (χ0) is 24.1. The average molecular weight is 464 g/mol. The first kappa shape index (κ1) is 23.9. The van der Waals surface area contributed by atoms with Gasteiger partial charge in [0, 0.05) is 36.6 Å². The second-order valence-corrected chi connectivity index (χ2v) is 9.40. The van der Waals surface area contributed by atoms with Gasteiger partial charge in [-0.15, -0.1) is 0 Å². The van der Waals surface area contributed by atoms with E-state index in [9.17, 15) is 9.59 Å². The molecule has 2 aromatic rings. The molecule has 2 aliphatic carbocycles. The van der Waals surface area contributed by atoms with Crippen molar-refractivity contribution in [2.24, 2.45) is 11.7 Å². The number of benzene rings is 1. The zero-order valence-corrected chi connectivity index (χ0v) is 19.7. The van der Waals surface area contributed by atoms with Crippen molar-refractivity contribution in [3.05, 3.63) is 47.8 Å². The molecule has 4 rings (SSSR count). The highest BCUT2D eigenvalue weighted by Crippen LogP contribution is 2.30. The normalized spacial score (nSPS) is 21.0. The summed E-state index contributed by atoms with van der Waals surface area (Å²) in [4.78, 5) is 36.0. The molecule has 0 aliphatic heterocycles. The van der Waals surface area contributed by atoms with Crippen LogP contribution in [0.4, 0.5) is 0 Å². The Morgan fingerprint density at radius 1 is 0.941 bits per heavy atom. The van der Waals surface area contributed by atoms with Crippen LogP contribution < -0.4 is 5.73 Å². The van der Waals surface area contributed by atoms with Crippen molar-refractivity contribution in [2.45, 2.75) is 69.9 Å². The Labute approximate surface area is 200 Å². The lowest BCUT2D eigenvalue weighted by atomic mass is 9.85. The van der Waals surface area contributed by atoms with Gasteiger partial charge in [-0.3, -0.25) is 15.0 Å². The number of amides is 1.